The molecule has 7 nitrogen and oxygen atoms in total. The lowest BCUT2D eigenvalue weighted by Crippen LogP contribution is -2.17. The third-order valence-corrected chi connectivity index (χ3v) is 4.73. The number of pyridine rings is 1. The third-order valence-electron chi connectivity index (χ3n) is 2.63. The molecule has 0 aliphatic rings. The van der Waals surface area contributed by atoms with Crippen molar-refractivity contribution in [3.8, 4) is 0 Å². The second kappa shape index (κ2) is 10.7. The number of fused-ring (bicyclic) bond motifs is 1. The molecule has 0 fully saturated rings. The number of esters is 2. The van der Waals surface area contributed by atoms with Crippen LogP contribution in [0.15, 0.2) is 18.5 Å². The van der Waals surface area contributed by atoms with Gasteiger partial charge < -0.3 is 13.9 Å². The molecule has 0 atom stereocenters. The summed E-state index contributed by atoms with van der Waals surface area (Å²) in [6.45, 7) is 3.98. The van der Waals surface area contributed by atoms with E-state index < -0.39 is 17.7 Å². The molecule has 2 rings (SSSR count). The van der Waals surface area contributed by atoms with Gasteiger partial charge in [0.15, 0.2) is 11.3 Å². The number of ether oxygens (including phenoxy) is 2. The monoisotopic (exact) mass is 544 g/mol. The zero-order chi connectivity index (χ0) is 19.0. The van der Waals surface area contributed by atoms with Gasteiger partial charge in [-0.25, -0.2) is 14.6 Å². The molecule has 10 heteroatoms. The van der Waals surface area contributed by atoms with Crippen LogP contribution in [0, 0.1) is 3.57 Å². The predicted octanol–water partition coefficient (Wildman–Crippen LogP) is 3.28. The molecule has 2 heterocycles. The number of carbonyl (C=O) groups is 3. The number of ketones is 1. The number of rotatable bonds is 5. The standard InChI is InChI=1S/C10H8ClIN2O2.C5H7BrO3/c1-2-16-10(15)7-5-14-4-3-6(12)8(11)9(14)13-7;1-2-9-5(8)4(7)3-6/h3-5H,2H2,1H3;2-3H2,1H3. The second-order valence-electron chi connectivity index (χ2n) is 4.33. The van der Waals surface area contributed by atoms with E-state index in [1.54, 1.807) is 30.6 Å². The van der Waals surface area contributed by atoms with Crippen molar-refractivity contribution in [3.63, 3.8) is 0 Å². The molecule has 136 valence electrons. The summed E-state index contributed by atoms with van der Waals surface area (Å²) in [6, 6.07) is 1.85. The largest absolute Gasteiger partial charge is 0.461 e. The molecular weight excluding hydrogens is 530 g/mol. The summed E-state index contributed by atoms with van der Waals surface area (Å²) in [5, 5.41) is 0.574. The van der Waals surface area contributed by atoms with Gasteiger partial charge in [0, 0.05) is 16.0 Å². The zero-order valence-electron chi connectivity index (χ0n) is 13.4. The van der Waals surface area contributed by atoms with Crippen LogP contribution in [0.5, 0.6) is 0 Å². The summed E-state index contributed by atoms with van der Waals surface area (Å²) in [4.78, 5) is 36.4. The molecule has 0 unspecified atom stereocenters. The second-order valence-corrected chi connectivity index (χ2v) is 6.43. The van der Waals surface area contributed by atoms with Gasteiger partial charge >= 0.3 is 11.9 Å². The topological polar surface area (TPSA) is 87.0 Å². The molecule has 0 N–H and O–H groups in total. The number of nitrogens with zero attached hydrogens (tertiary/aromatic N) is 2. The fourth-order valence-electron chi connectivity index (χ4n) is 1.56. The van der Waals surface area contributed by atoms with Crippen LogP contribution < -0.4 is 0 Å². The van der Waals surface area contributed by atoms with Crippen molar-refractivity contribution in [2.45, 2.75) is 13.8 Å². The Morgan fingerprint density at radius 2 is 1.92 bits per heavy atom. The maximum atomic E-state index is 11.5. The molecule has 25 heavy (non-hydrogen) atoms. The smallest absolute Gasteiger partial charge is 0.375 e. The van der Waals surface area contributed by atoms with Crippen LogP contribution in [0.1, 0.15) is 24.3 Å². The van der Waals surface area contributed by atoms with Gasteiger partial charge in [-0.1, -0.05) is 27.5 Å². The molecule has 2 aromatic rings. The van der Waals surface area contributed by atoms with E-state index in [0.717, 1.165) is 3.57 Å². The first-order valence-electron chi connectivity index (χ1n) is 7.11. The number of aromatic nitrogens is 2. The number of carbonyl (C=O) groups excluding carboxylic acids is 3. The average Bonchev–Trinajstić information content (AvgIpc) is 3.03. The first kappa shape index (κ1) is 21.8. The van der Waals surface area contributed by atoms with Crippen LogP contribution in [0.25, 0.3) is 5.65 Å². The van der Waals surface area contributed by atoms with E-state index in [4.69, 9.17) is 16.3 Å². The van der Waals surface area contributed by atoms with E-state index >= 15 is 0 Å². The van der Waals surface area contributed by atoms with Crippen LogP contribution >= 0.6 is 50.1 Å². The summed E-state index contributed by atoms with van der Waals surface area (Å²) in [7, 11) is 0. The number of imidazole rings is 1. The van der Waals surface area contributed by atoms with Crippen LogP contribution in [0.2, 0.25) is 5.02 Å². The summed E-state index contributed by atoms with van der Waals surface area (Å²) >= 11 is 11.0. The number of halogens is 3. The lowest BCUT2D eigenvalue weighted by atomic mass is 10.5. The normalized spacial score (nSPS) is 9.96. The highest BCUT2D eigenvalue weighted by Gasteiger charge is 2.14. The maximum absolute atomic E-state index is 11.5. The van der Waals surface area contributed by atoms with E-state index in [1.165, 1.54) is 0 Å². The van der Waals surface area contributed by atoms with E-state index in [9.17, 15) is 14.4 Å². The van der Waals surface area contributed by atoms with E-state index in [-0.39, 0.29) is 17.6 Å². The van der Waals surface area contributed by atoms with E-state index in [2.05, 4.69) is 48.2 Å². The Morgan fingerprint density at radius 1 is 1.28 bits per heavy atom. The maximum Gasteiger partial charge on any atom is 0.375 e. The quantitative estimate of drug-likeness (QED) is 0.248. The van der Waals surface area contributed by atoms with Gasteiger partial charge in [0.2, 0.25) is 5.78 Å². The molecule has 0 amide bonds. The van der Waals surface area contributed by atoms with Crippen molar-refractivity contribution in [2.24, 2.45) is 0 Å². The molecule has 0 spiro atoms. The molecule has 0 bridgehead atoms. The Hall–Kier alpha value is -1.20. The van der Waals surface area contributed by atoms with Crippen molar-refractivity contribution in [1.29, 1.82) is 0 Å². The molecule has 2 aromatic heterocycles. The van der Waals surface area contributed by atoms with Gasteiger partial charge in [0.1, 0.15) is 0 Å². The van der Waals surface area contributed by atoms with Crippen molar-refractivity contribution < 1.29 is 23.9 Å². The Bertz CT molecular complexity index is 781. The minimum absolute atomic E-state index is 0.0336. The SMILES string of the molecule is CCOC(=O)C(=O)CBr.CCOC(=O)c1cn2ccc(I)c(Cl)c2n1. The van der Waals surface area contributed by atoms with Crippen LogP contribution in [0.3, 0.4) is 0 Å². The molecule has 0 saturated carbocycles. The van der Waals surface area contributed by atoms with Gasteiger partial charge in [-0.15, -0.1) is 0 Å². The first-order valence-corrected chi connectivity index (χ1v) is 9.69. The number of hydrogen-bond donors (Lipinski definition) is 0. The van der Waals surface area contributed by atoms with Gasteiger partial charge in [-0.3, -0.25) is 4.79 Å². The summed E-state index contributed by atoms with van der Waals surface area (Å²) in [5.74, 6) is -1.75. The van der Waals surface area contributed by atoms with Crippen molar-refractivity contribution in [1.82, 2.24) is 9.38 Å². The molecule has 0 radical (unpaired) electrons. The van der Waals surface area contributed by atoms with Gasteiger partial charge in [-0.2, -0.15) is 0 Å². The predicted molar refractivity (Wildman–Crippen MR) is 104 cm³/mol. The van der Waals surface area contributed by atoms with E-state index in [0.29, 0.717) is 17.3 Å². The number of alkyl halides is 1. The lowest BCUT2D eigenvalue weighted by Gasteiger charge is -1.96. The van der Waals surface area contributed by atoms with Crippen LogP contribution in [-0.4, -0.2) is 45.7 Å². The van der Waals surface area contributed by atoms with E-state index in [1.807, 2.05) is 6.07 Å². The summed E-state index contributed by atoms with van der Waals surface area (Å²) in [5.41, 5.74) is 0.836. The minimum Gasteiger partial charge on any atom is -0.461 e. The average molecular weight is 546 g/mol. The highest BCUT2D eigenvalue weighted by Crippen LogP contribution is 2.23. The number of Topliss-reactive ketones (excluding diaryl/α,β-unsaturated/α-hetero) is 1. The minimum atomic E-state index is -0.769. The molecule has 0 saturated heterocycles. The highest BCUT2D eigenvalue weighted by atomic mass is 127. The molecular formula is C15H15BrClIN2O5. The first-order chi connectivity index (χ1) is 11.8. The van der Waals surface area contributed by atoms with Crippen LogP contribution in [-0.2, 0) is 19.1 Å². The van der Waals surface area contributed by atoms with Crippen molar-refractivity contribution in [3.05, 3.63) is 32.7 Å². The Morgan fingerprint density at radius 3 is 2.48 bits per heavy atom. The Labute approximate surface area is 171 Å². The van der Waals surface area contributed by atoms with Crippen LogP contribution in [0.4, 0.5) is 0 Å². The Kier molecular flexibility index (Phi) is 9.36. The molecule has 0 aromatic carbocycles. The highest BCUT2D eigenvalue weighted by molar-refractivity contribution is 14.1. The molecule has 0 aliphatic carbocycles. The van der Waals surface area contributed by atoms with Gasteiger partial charge in [-0.05, 0) is 42.5 Å². The number of hydrogen-bond acceptors (Lipinski definition) is 6. The fraction of sp³-hybridized carbons (Fsp3) is 0.333. The Balaban J connectivity index is 0.000000299. The zero-order valence-corrected chi connectivity index (χ0v) is 17.9. The van der Waals surface area contributed by atoms with Gasteiger partial charge in [0.25, 0.3) is 0 Å². The fourth-order valence-corrected chi connectivity index (χ4v) is 2.40. The van der Waals surface area contributed by atoms with Crippen molar-refractivity contribution in [2.75, 3.05) is 18.5 Å². The molecule has 0 aliphatic heterocycles. The van der Waals surface area contributed by atoms with Gasteiger partial charge in [0.05, 0.1) is 23.6 Å². The third kappa shape index (κ3) is 6.23. The summed E-state index contributed by atoms with van der Waals surface area (Å²) in [6.07, 6.45) is 3.41. The lowest BCUT2D eigenvalue weighted by molar-refractivity contribution is -0.152. The van der Waals surface area contributed by atoms with Crippen molar-refractivity contribution >= 4 is 73.5 Å². The summed E-state index contributed by atoms with van der Waals surface area (Å²) < 4.78 is 11.8.